The number of aliphatic carboxylic acids is 1. The minimum absolute atomic E-state index is 0.0131. The maximum Gasteiger partial charge on any atom is 0.306 e. The van der Waals surface area contributed by atoms with Crippen LogP contribution in [0.1, 0.15) is 32.3 Å². The predicted molar refractivity (Wildman–Crippen MR) is 111 cm³/mol. The van der Waals surface area contributed by atoms with Gasteiger partial charge in [0.25, 0.3) is 0 Å². The lowest BCUT2D eigenvalue weighted by atomic mass is 10.2. The first-order valence-corrected chi connectivity index (χ1v) is 10.9. The normalized spacial score (nSPS) is 13.0. The van der Waals surface area contributed by atoms with Crippen molar-refractivity contribution in [2.75, 3.05) is 10.1 Å². The molecular weight excluding hydrogens is 413 g/mol. The number of hydrogen-bond donors (Lipinski definition) is 2. The van der Waals surface area contributed by atoms with Crippen LogP contribution in [-0.2, 0) is 14.8 Å². The Kier molecular flexibility index (Phi) is 8.01. The van der Waals surface area contributed by atoms with Gasteiger partial charge < -0.3 is 10.2 Å². The van der Waals surface area contributed by atoms with Crippen molar-refractivity contribution in [2.45, 2.75) is 32.8 Å². The third-order valence-corrected chi connectivity index (χ3v) is 5.78. The van der Waals surface area contributed by atoms with Crippen molar-refractivity contribution in [1.29, 1.82) is 0 Å². The summed E-state index contributed by atoms with van der Waals surface area (Å²) in [4.78, 5) is 18.7. The lowest BCUT2D eigenvalue weighted by Gasteiger charge is -2.25. The number of hydrogen-bond acceptors (Lipinski definition) is 6. The molecule has 0 amide bonds. The Labute approximate surface area is 174 Å². The minimum atomic E-state index is -3.89. The number of rotatable bonds is 10. The third-order valence-electron chi connectivity index (χ3n) is 4.09. The Hall–Kier alpha value is -2.85. The van der Waals surface area contributed by atoms with E-state index in [2.05, 4.69) is 9.97 Å². The third kappa shape index (κ3) is 6.60. The van der Waals surface area contributed by atoms with Gasteiger partial charge in [-0.2, -0.15) is 0 Å². The summed E-state index contributed by atoms with van der Waals surface area (Å²) < 4.78 is 40.8. The molecule has 1 aromatic heterocycles. The summed E-state index contributed by atoms with van der Waals surface area (Å²) >= 11 is 0. The van der Waals surface area contributed by atoms with E-state index in [0.717, 1.165) is 16.4 Å². The van der Waals surface area contributed by atoms with Crippen LogP contribution in [0.3, 0.4) is 0 Å². The highest BCUT2D eigenvalue weighted by atomic mass is 32.2. The van der Waals surface area contributed by atoms with Crippen molar-refractivity contribution in [2.24, 2.45) is 5.92 Å². The summed E-state index contributed by atoms with van der Waals surface area (Å²) in [5, 5.41) is 18.5. The van der Waals surface area contributed by atoms with E-state index in [9.17, 15) is 22.7 Å². The van der Waals surface area contributed by atoms with E-state index in [1.807, 2.05) is 13.8 Å². The molecule has 2 N–H and O–H groups in total. The monoisotopic (exact) mass is 437 g/mol. The number of carboxylic acids is 1. The molecule has 30 heavy (non-hydrogen) atoms. The van der Waals surface area contributed by atoms with E-state index >= 15 is 0 Å². The van der Waals surface area contributed by atoms with Crippen LogP contribution in [0.5, 0.6) is 0 Å². The first-order chi connectivity index (χ1) is 14.1. The summed E-state index contributed by atoms with van der Waals surface area (Å²) in [5.41, 5.74) is 0.443. The van der Waals surface area contributed by atoms with Crippen LogP contribution < -0.4 is 4.31 Å². The molecule has 0 saturated heterocycles. The van der Waals surface area contributed by atoms with Crippen molar-refractivity contribution in [3.05, 3.63) is 54.2 Å². The van der Waals surface area contributed by atoms with Crippen molar-refractivity contribution in [3.63, 3.8) is 0 Å². The number of benzene rings is 1. The summed E-state index contributed by atoms with van der Waals surface area (Å²) in [6.45, 7) is 3.81. The molecule has 8 nitrogen and oxygen atoms in total. The molecule has 0 spiro atoms. The number of carbonyl (C=O) groups is 1. The number of halogens is 1. The van der Waals surface area contributed by atoms with Gasteiger partial charge in [-0.05, 0) is 36.6 Å². The largest absolute Gasteiger partial charge is 0.481 e. The maximum atomic E-state index is 13.4. The topological polar surface area (TPSA) is 121 Å². The zero-order valence-electron chi connectivity index (χ0n) is 16.6. The van der Waals surface area contributed by atoms with Gasteiger partial charge in [-0.25, -0.2) is 27.1 Å². The van der Waals surface area contributed by atoms with Gasteiger partial charge in [0.2, 0.25) is 10.0 Å². The summed E-state index contributed by atoms with van der Waals surface area (Å²) in [6, 6.07) is 4.95. The first-order valence-electron chi connectivity index (χ1n) is 9.27. The van der Waals surface area contributed by atoms with Gasteiger partial charge in [0, 0.05) is 11.8 Å². The highest BCUT2D eigenvalue weighted by Gasteiger charge is 2.27. The van der Waals surface area contributed by atoms with Gasteiger partial charge in [0.15, 0.2) is 5.82 Å². The molecule has 0 aliphatic heterocycles. The molecule has 0 aliphatic carbocycles. The number of carboxylic acid groups (broad SMARTS) is 1. The molecule has 0 radical (unpaired) electrons. The maximum absolute atomic E-state index is 13.4. The fourth-order valence-corrected chi connectivity index (χ4v) is 4.36. The molecule has 0 bridgehead atoms. The second kappa shape index (κ2) is 10.3. The lowest BCUT2D eigenvalue weighted by molar-refractivity contribution is -0.138. The summed E-state index contributed by atoms with van der Waals surface area (Å²) in [7, 11) is -3.89. The van der Waals surface area contributed by atoms with Crippen LogP contribution in [0.15, 0.2) is 42.9 Å². The van der Waals surface area contributed by atoms with Gasteiger partial charge in [0.1, 0.15) is 12.1 Å². The lowest BCUT2D eigenvalue weighted by Crippen LogP contribution is -2.30. The zero-order valence-corrected chi connectivity index (χ0v) is 17.5. The highest BCUT2D eigenvalue weighted by Crippen LogP contribution is 2.31. The fourth-order valence-electron chi connectivity index (χ4n) is 2.55. The van der Waals surface area contributed by atoms with E-state index in [0.29, 0.717) is 6.42 Å². The smallest absolute Gasteiger partial charge is 0.306 e. The quantitative estimate of drug-likeness (QED) is 0.586. The second-order valence-electron chi connectivity index (χ2n) is 7.07. The SMILES string of the molecule is CC(C)CCS(=O)(=O)N(c1ccc(F)cc1)c1ncncc1/C=C/C(O)CC(=O)O. The van der Waals surface area contributed by atoms with Crippen LogP contribution in [0, 0.1) is 11.7 Å². The average Bonchev–Trinajstić information content (AvgIpc) is 2.67. The van der Waals surface area contributed by atoms with Crippen LogP contribution in [0.2, 0.25) is 0 Å². The molecule has 1 unspecified atom stereocenters. The zero-order chi connectivity index (χ0) is 22.3. The molecule has 0 saturated carbocycles. The summed E-state index contributed by atoms with van der Waals surface area (Å²) in [6.07, 6.45) is 3.74. The van der Waals surface area contributed by atoms with E-state index in [4.69, 9.17) is 5.11 Å². The first kappa shape index (κ1) is 23.4. The van der Waals surface area contributed by atoms with Crippen molar-refractivity contribution < 1.29 is 27.8 Å². The second-order valence-corrected chi connectivity index (χ2v) is 9.00. The standard InChI is InChI=1S/C20H24FN3O5S/c1-14(2)9-10-30(28,29)24(17-6-4-16(21)5-7-17)20-15(12-22-13-23-20)3-8-18(25)11-19(26)27/h3-8,12-14,18,25H,9-11H2,1-2H3,(H,26,27)/b8-3+. The molecule has 2 aromatic rings. The number of sulfonamides is 1. The van der Waals surface area contributed by atoms with Crippen LogP contribution >= 0.6 is 0 Å². The number of aliphatic hydroxyl groups is 1. The molecule has 1 heterocycles. The van der Waals surface area contributed by atoms with Crippen molar-refractivity contribution in [3.8, 4) is 0 Å². The van der Waals surface area contributed by atoms with Crippen LogP contribution in [0.4, 0.5) is 15.9 Å². The molecule has 10 heteroatoms. The molecule has 1 atom stereocenters. The molecule has 162 valence electrons. The Morgan fingerprint density at radius 1 is 1.27 bits per heavy atom. The van der Waals surface area contributed by atoms with E-state index in [1.165, 1.54) is 36.8 Å². The minimum Gasteiger partial charge on any atom is -0.481 e. The van der Waals surface area contributed by atoms with Crippen LogP contribution in [-0.4, -0.2) is 46.4 Å². The average molecular weight is 437 g/mol. The number of aromatic nitrogens is 2. The van der Waals surface area contributed by atoms with Crippen molar-refractivity contribution >= 4 is 33.6 Å². The highest BCUT2D eigenvalue weighted by molar-refractivity contribution is 7.93. The fraction of sp³-hybridized carbons (Fsp3) is 0.350. The number of anilines is 2. The van der Waals surface area contributed by atoms with Gasteiger partial charge in [-0.1, -0.05) is 26.0 Å². The predicted octanol–water partition coefficient (Wildman–Crippen LogP) is 2.98. The van der Waals surface area contributed by atoms with E-state index in [1.54, 1.807) is 0 Å². The van der Waals surface area contributed by atoms with Gasteiger partial charge >= 0.3 is 5.97 Å². The van der Waals surface area contributed by atoms with Gasteiger partial charge in [-0.15, -0.1) is 0 Å². The molecule has 1 aromatic carbocycles. The summed E-state index contributed by atoms with van der Waals surface area (Å²) in [5.74, 6) is -1.69. The van der Waals surface area contributed by atoms with Gasteiger partial charge in [-0.3, -0.25) is 4.79 Å². The Morgan fingerprint density at radius 3 is 2.53 bits per heavy atom. The number of aliphatic hydroxyl groups excluding tert-OH is 1. The van der Waals surface area contributed by atoms with E-state index < -0.39 is 34.3 Å². The Bertz CT molecular complexity index is 994. The van der Waals surface area contributed by atoms with E-state index in [-0.39, 0.29) is 28.7 Å². The van der Waals surface area contributed by atoms with Crippen LogP contribution in [0.25, 0.3) is 6.08 Å². The molecule has 2 rings (SSSR count). The number of nitrogens with zero attached hydrogens (tertiary/aromatic N) is 3. The van der Waals surface area contributed by atoms with Gasteiger partial charge in [0.05, 0.1) is 24.0 Å². The van der Waals surface area contributed by atoms with Crippen molar-refractivity contribution in [1.82, 2.24) is 9.97 Å². The molecule has 0 fully saturated rings. The molecule has 0 aliphatic rings. The Balaban J connectivity index is 2.53. The Morgan fingerprint density at radius 2 is 1.93 bits per heavy atom. The molecular formula is C20H24FN3O5S.